The largest absolute Gasteiger partial charge is 0.486 e. The number of morpholine rings is 1. The maximum absolute atomic E-state index is 10.4. The van der Waals surface area contributed by atoms with Gasteiger partial charge >= 0.3 is 12.0 Å². The number of nitrogens with zero attached hydrogens (tertiary/aromatic N) is 1. The molecule has 2 aliphatic rings. The minimum absolute atomic E-state index is 0.349. The SMILES string of the molecule is NC(=O)N1CCOCC1.O=C(O)/C=C/c1ccc2c(c1)OCCO2. The summed E-state index contributed by atoms with van der Waals surface area (Å²) >= 11 is 0. The molecule has 0 unspecified atom stereocenters. The Bertz CT molecular complexity index is 611. The quantitative estimate of drug-likeness (QED) is 0.778. The van der Waals surface area contributed by atoms with Gasteiger partial charge in [-0.3, -0.25) is 0 Å². The summed E-state index contributed by atoms with van der Waals surface area (Å²) in [4.78, 5) is 22.3. The number of amides is 2. The highest BCUT2D eigenvalue weighted by Crippen LogP contribution is 2.30. The van der Waals surface area contributed by atoms with Gasteiger partial charge in [-0.2, -0.15) is 0 Å². The zero-order valence-corrected chi connectivity index (χ0v) is 13.1. The van der Waals surface area contributed by atoms with Crippen LogP contribution >= 0.6 is 0 Å². The molecule has 8 nitrogen and oxygen atoms in total. The summed E-state index contributed by atoms with van der Waals surface area (Å²) in [6.07, 6.45) is 2.60. The molecule has 0 atom stereocenters. The lowest BCUT2D eigenvalue weighted by Gasteiger charge is -2.24. The van der Waals surface area contributed by atoms with E-state index in [2.05, 4.69) is 0 Å². The van der Waals surface area contributed by atoms with Crippen LogP contribution in [0.5, 0.6) is 11.5 Å². The third kappa shape index (κ3) is 5.47. The van der Waals surface area contributed by atoms with Crippen LogP contribution in [0.4, 0.5) is 4.79 Å². The predicted octanol–water partition coefficient (Wildman–Crippen LogP) is 0.953. The number of fused-ring (bicyclic) bond motifs is 1. The van der Waals surface area contributed by atoms with Crippen LogP contribution in [0.1, 0.15) is 5.56 Å². The molecule has 0 radical (unpaired) electrons. The smallest absolute Gasteiger partial charge is 0.328 e. The molecule has 0 aliphatic carbocycles. The Kier molecular flexibility index (Phi) is 6.44. The van der Waals surface area contributed by atoms with E-state index in [1.54, 1.807) is 23.1 Å². The van der Waals surface area contributed by atoms with Crippen molar-refractivity contribution in [2.75, 3.05) is 39.5 Å². The summed E-state index contributed by atoms with van der Waals surface area (Å²) in [7, 11) is 0. The van der Waals surface area contributed by atoms with Gasteiger partial charge in [-0.05, 0) is 23.8 Å². The van der Waals surface area contributed by atoms with E-state index in [1.807, 2.05) is 0 Å². The molecule has 0 aromatic heterocycles. The molecule has 1 fully saturated rings. The molecule has 1 aromatic carbocycles. The number of urea groups is 1. The molecule has 1 saturated heterocycles. The number of nitrogens with two attached hydrogens (primary N) is 1. The molecular formula is C16H20N2O6. The minimum atomic E-state index is -0.968. The van der Waals surface area contributed by atoms with Crippen molar-refractivity contribution < 1.29 is 28.9 Å². The van der Waals surface area contributed by atoms with Gasteiger partial charge in [0.25, 0.3) is 0 Å². The third-order valence-electron chi connectivity index (χ3n) is 3.31. The lowest BCUT2D eigenvalue weighted by molar-refractivity contribution is -0.131. The first kappa shape index (κ1) is 17.6. The van der Waals surface area contributed by atoms with Crippen molar-refractivity contribution in [2.45, 2.75) is 0 Å². The molecule has 3 rings (SSSR count). The number of hydrogen-bond donors (Lipinski definition) is 2. The average molecular weight is 336 g/mol. The molecule has 1 aromatic rings. The summed E-state index contributed by atoms with van der Waals surface area (Å²) < 4.78 is 15.7. The van der Waals surface area contributed by atoms with Gasteiger partial charge in [-0.1, -0.05) is 6.07 Å². The molecule has 0 spiro atoms. The van der Waals surface area contributed by atoms with E-state index in [0.29, 0.717) is 51.0 Å². The van der Waals surface area contributed by atoms with E-state index in [1.165, 1.54) is 6.08 Å². The molecule has 2 aliphatic heterocycles. The Morgan fingerprint density at radius 1 is 1.08 bits per heavy atom. The van der Waals surface area contributed by atoms with Crippen molar-refractivity contribution in [3.63, 3.8) is 0 Å². The molecular weight excluding hydrogens is 316 g/mol. The summed E-state index contributed by atoms with van der Waals surface area (Å²) in [5, 5.41) is 8.47. The van der Waals surface area contributed by atoms with E-state index in [9.17, 15) is 9.59 Å². The third-order valence-corrected chi connectivity index (χ3v) is 3.31. The molecule has 8 heteroatoms. The lowest BCUT2D eigenvalue weighted by Crippen LogP contribution is -2.43. The summed E-state index contributed by atoms with van der Waals surface area (Å²) in [6, 6.07) is 4.97. The monoisotopic (exact) mass is 336 g/mol. The maximum atomic E-state index is 10.4. The summed E-state index contributed by atoms with van der Waals surface area (Å²) in [5.74, 6) is 0.396. The number of hydrogen-bond acceptors (Lipinski definition) is 5. The van der Waals surface area contributed by atoms with Gasteiger partial charge in [-0.25, -0.2) is 9.59 Å². The van der Waals surface area contributed by atoms with Crippen LogP contribution < -0.4 is 15.2 Å². The fourth-order valence-electron chi connectivity index (χ4n) is 2.11. The van der Waals surface area contributed by atoms with Gasteiger partial charge in [-0.15, -0.1) is 0 Å². The Labute approximate surface area is 139 Å². The molecule has 2 amide bonds. The normalized spacial score (nSPS) is 16.2. The van der Waals surface area contributed by atoms with Crippen molar-refractivity contribution in [2.24, 2.45) is 5.73 Å². The highest BCUT2D eigenvalue weighted by Gasteiger charge is 2.12. The molecule has 130 valence electrons. The number of benzene rings is 1. The Morgan fingerprint density at radius 3 is 2.33 bits per heavy atom. The number of carboxylic acid groups (broad SMARTS) is 1. The fraction of sp³-hybridized carbons (Fsp3) is 0.375. The zero-order chi connectivity index (χ0) is 17.4. The van der Waals surface area contributed by atoms with Crippen LogP contribution in [-0.4, -0.2) is 61.5 Å². The van der Waals surface area contributed by atoms with Crippen LogP contribution in [0.2, 0.25) is 0 Å². The Balaban J connectivity index is 0.000000198. The summed E-state index contributed by atoms with van der Waals surface area (Å²) in [5.41, 5.74) is 5.78. The van der Waals surface area contributed by atoms with Crippen LogP contribution in [0.15, 0.2) is 24.3 Å². The first-order chi connectivity index (χ1) is 11.6. The topological polar surface area (TPSA) is 111 Å². The number of carbonyl (C=O) groups excluding carboxylic acids is 1. The van der Waals surface area contributed by atoms with E-state index < -0.39 is 5.97 Å². The zero-order valence-electron chi connectivity index (χ0n) is 13.1. The Morgan fingerprint density at radius 2 is 1.75 bits per heavy atom. The van der Waals surface area contributed by atoms with Crippen LogP contribution in [0, 0.1) is 0 Å². The number of aliphatic carboxylic acids is 1. The van der Waals surface area contributed by atoms with Crippen molar-refractivity contribution in [3.05, 3.63) is 29.8 Å². The van der Waals surface area contributed by atoms with Crippen molar-refractivity contribution in [1.82, 2.24) is 4.90 Å². The predicted molar refractivity (Wildman–Crippen MR) is 86.1 cm³/mol. The first-order valence-corrected chi connectivity index (χ1v) is 7.49. The molecule has 24 heavy (non-hydrogen) atoms. The molecule has 2 heterocycles. The second-order valence-electron chi connectivity index (χ2n) is 5.01. The van der Waals surface area contributed by atoms with Gasteiger partial charge < -0.3 is 30.0 Å². The van der Waals surface area contributed by atoms with Crippen LogP contribution in [0.3, 0.4) is 0 Å². The van der Waals surface area contributed by atoms with Crippen molar-refractivity contribution in [1.29, 1.82) is 0 Å². The van der Waals surface area contributed by atoms with E-state index in [0.717, 1.165) is 11.6 Å². The van der Waals surface area contributed by atoms with Gasteiger partial charge in [0.2, 0.25) is 0 Å². The standard InChI is InChI=1S/C11H10O4.C5H10N2O2/c12-11(13)4-2-8-1-3-9-10(7-8)15-6-5-14-9;6-5(8)7-1-3-9-4-2-7/h1-4,7H,5-6H2,(H,12,13);1-4H2,(H2,6,8)/b4-2+;. The van der Waals surface area contributed by atoms with Gasteiger partial charge in [0.05, 0.1) is 13.2 Å². The first-order valence-electron chi connectivity index (χ1n) is 7.49. The maximum Gasteiger partial charge on any atom is 0.328 e. The summed E-state index contributed by atoms with van der Waals surface area (Å²) in [6.45, 7) is 3.58. The van der Waals surface area contributed by atoms with Gasteiger partial charge in [0.15, 0.2) is 11.5 Å². The fourth-order valence-corrected chi connectivity index (χ4v) is 2.11. The minimum Gasteiger partial charge on any atom is -0.486 e. The lowest BCUT2D eigenvalue weighted by atomic mass is 10.2. The highest BCUT2D eigenvalue weighted by molar-refractivity contribution is 5.85. The van der Waals surface area contributed by atoms with Gasteiger partial charge in [0, 0.05) is 19.2 Å². The van der Waals surface area contributed by atoms with E-state index in [-0.39, 0.29) is 6.03 Å². The van der Waals surface area contributed by atoms with Crippen LogP contribution in [0.25, 0.3) is 6.08 Å². The van der Waals surface area contributed by atoms with E-state index >= 15 is 0 Å². The molecule has 3 N–H and O–H groups in total. The second-order valence-corrected chi connectivity index (χ2v) is 5.01. The highest BCUT2D eigenvalue weighted by atomic mass is 16.6. The van der Waals surface area contributed by atoms with E-state index in [4.69, 9.17) is 25.1 Å². The van der Waals surface area contributed by atoms with Crippen molar-refractivity contribution in [3.8, 4) is 11.5 Å². The van der Waals surface area contributed by atoms with Gasteiger partial charge in [0.1, 0.15) is 13.2 Å². The average Bonchev–Trinajstić information content (AvgIpc) is 2.61. The van der Waals surface area contributed by atoms with Crippen molar-refractivity contribution >= 4 is 18.1 Å². The number of carboxylic acids is 1. The number of primary amides is 1. The molecule has 0 saturated carbocycles. The second kappa shape index (κ2) is 8.78. The Hall–Kier alpha value is -2.74. The molecule has 0 bridgehead atoms. The number of rotatable bonds is 2. The number of ether oxygens (including phenoxy) is 3. The number of carbonyl (C=O) groups is 2. The van der Waals surface area contributed by atoms with Crippen LogP contribution in [-0.2, 0) is 9.53 Å².